The van der Waals surface area contributed by atoms with Gasteiger partial charge in [0.1, 0.15) is 0 Å². The minimum atomic E-state index is -0.833. The first kappa shape index (κ1) is 14.2. The van der Waals surface area contributed by atoms with Crippen molar-refractivity contribution in [3.8, 4) is 0 Å². The highest BCUT2D eigenvalue weighted by Gasteiger charge is 2.16. The second-order valence-corrected chi connectivity index (χ2v) is 3.23. The average molecular weight is 224 g/mol. The molecule has 0 radical (unpaired) electrons. The van der Waals surface area contributed by atoms with Crippen molar-refractivity contribution in [3.05, 3.63) is 35.9 Å². The van der Waals surface area contributed by atoms with Gasteiger partial charge in [0, 0.05) is 6.92 Å². The minimum absolute atomic E-state index is 0.355. The van der Waals surface area contributed by atoms with E-state index < -0.39 is 11.9 Å². The summed E-state index contributed by atoms with van der Waals surface area (Å²) in [5.41, 5.74) is 0.882. The molecule has 2 N–H and O–H groups in total. The fourth-order valence-electron chi connectivity index (χ4n) is 1.24. The fourth-order valence-corrected chi connectivity index (χ4v) is 1.24. The maximum Gasteiger partial charge on any atom is 0.310 e. The van der Waals surface area contributed by atoms with Crippen molar-refractivity contribution in [2.45, 2.75) is 26.2 Å². The van der Waals surface area contributed by atoms with Gasteiger partial charge in [-0.3, -0.25) is 9.59 Å². The zero-order valence-corrected chi connectivity index (χ0v) is 9.38. The lowest BCUT2D eigenvalue weighted by Crippen LogP contribution is -2.09. The molecule has 1 aromatic rings. The van der Waals surface area contributed by atoms with Crippen molar-refractivity contribution in [1.29, 1.82) is 0 Å². The molecule has 0 aliphatic rings. The van der Waals surface area contributed by atoms with Gasteiger partial charge in [0.2, 0.25) is 0 Å². The summed E-state index contributed by atoms with van der Waals surface area (Å²) in [7, 11) is 0. The number of rotatable bonds is 3. The second kappa shape index (κ2) is 7.45. The lowest BCUT2D eigenvalue weighted by molar-refractivity contribution is -0.139. The van der Waals surface area contributed by atoms with E-state index in [1.54, 1.807) is 0 Å². The van der Waals surface area contributed by atoms with Crippen LogP contribution in [-0.4, -0.2) is 22.2 Å². The van der Waals surface area contributed by atoms with E-state index in [1.165, 1.54) is 0 Å². The SMILES string of the molecule is CC(=O)O.CCC(C(=O)O)c1ccccc1. The fraction of sp³-hybridized carbons (Fsp3) is 0.333. The van der Waals surface area contributed by atoms with E-state index >= 15 is 0 Å². The van der Waals surface area contributed by atoms with Crippen molar-refractivity contribution in [1.82, 2.24) is 0 Å². The van der Waals surface area contributed by atoms with E-state index in [-0.39, 0.29) is 5.92 Å². The number of hydrogen-bond acceptors (Lipinski definition) is 2. The molecule has 0 spiro atoms. The number of aliphatic carboxylic acids is 2. The summed E-state index contributed by atoms with van der Waals surface area (Å²) >= 11 is 0. The zero-order valence-electron chi connectivity index (χ0n) is 9.38. The zero-order chi connectivity index (χ0) is 12.6. The summed E-state index contributed by atoms with van der Waals surface area (Å²) in [4.78, 5) is 19.7. The maximum absolute atomic E-state index is 10.7. The Morgan fingerprint density at radius 2 is 1.62 bits per heavy atom. The molecule has 0 aliphatic heterocycles. The Kier molecular flexibility index (Phi) is 6.59. The molecule has 1 aromatic carbocycles. The highest BCUT2D eigenvalue weighted by Crippen LogP contribution is 2.18. The molecule has 0 saturated carbocycles. The molecule has 1 rings (SSSR count). The van der Waals surface area contributed by atoms with Crippen LogP contribution in [-0.2, 0) is 9.59 Å². The molecule has 0 fully saturated rings. The van der Waals surface area contributed by atoms with Crippen LogP contribution in [0.3, 0.4) is 0 Å². The van der Waals surface area contributed by atoms with Crippen molar-refractivity contribution >= 4 is 11.9 Å². The van der Waals surface area contributed by atoms with Gasteiger partial charge in [-0.15, -0.1) is 0 Å². The predicted octanol–water partition coefficient (Wildman–Crippen LogP) is 2.36. The van der Waals surface area contributed by atoms with Crippen molar-refractivity contribution in [2.75, 3.05) is 0 Å². The summed E-state index contributed by atoms with van der Waals surface area (Å²) in [6.07, 6.45) is 0.638. The van der Waals surface area contributed by atoms with Gasteiger partial charge >= 0.3 is 5.97 Å². The Morgan fingerprint density at radius 3 is 1.94 bits per heavy atom. The van der Waals surface area contributed by atoms with Crippen LogP contribution in [0.4, 0.5) is 0 Å². The van der Waals surface area contributed by atoms with Crippen LogP contribution in [0.1, 0.15) is 31.7 Å². The third kappa shape index (κ3) is 5.80. The monoisotopic (exact) mass is 224 g/mol. The van der Waals surface area contributed by atoms with Crippen molar-refractivity contribution in [2.24, 2.45) is 0 Å². The standard InChI is InChI=1S/C10H12O2.C2H4O2/c1-2-9(10(11)12)8-6-4-3-5-7-8;1-2(3)4/h3-7,9H,2H2,1H3,(H,11,12);1H3,(H,3,4). The Hall–Kier alpha value is -1.84. The number of benzene rings is 1. The normalized spacial score (nSPS) is 10.9. The third-order valence-corrected chi connectivity index (χ3v) is 1.91. The van der Waals surface area contributed by atoms with Crippen LogP contribution in [0.5, 0.6) is 0 Å². The second-order valence-electron chi connectivity index (χ2n) is 3.23. The number of hydrogen-bond donors (Lipinski definition) is 2. The molecule has 0 aromatic heterocycles. The van der Waals surface area contributed by atoms with Gasteiger partial charge in [-0.05, 0) is 12.0 Å². The van der Waals surface area contributed by atoms with Crippen LogP contribution in [0.15, 0.2) is 30.3 Å². The van der Waals surface area contributed by atoms with Crippen molar-refractivity contribution < 1.29 is 19.8 Å². The summed E-state index contributed by atoms with van der Waals surface area (Å²) in [6, 6.07) is 9.31. The van der Waals surface area contributed by atoms with Crippen LogP contribution >= 0.6 is 0 Å². The Bertz CT molecular complexity index is 328. The van der Waals surface area contributed by atoms with E-state index in [9.17, 15) is 4.79 Å². The largest absolute Gasteiger partial charge is 0.481 e. The third-order valence-electron chi connectivity index (χ3n) is 1.91. The summed E-state index contributed by atoms with van der Waals surface area (Å²) < 4.78 is 0. The van der Waals surface area contributed by atoms with E-state index in [2.05, 4.69) is 0 Å². The molecule has 1 unspecified atom stereocenters. The van der Waals surface area contributed by atoms with Crippen molar-refractivity contribution in [3.63, 3.8) is 0 Å². The molecule has 88 valence electrons. The van der Waals surface area contributed by atoms with Crippen LogP contribution < -0.4 is 0 Å². The average Bonchev–Trinajstić information content (AvgIpc) is 2.19. The molecular formula is C12H16O4. The first-order valence-corrected chi connectivity index (χ1v) is 4.96. The van der Waals surface area contributed by atoms with Gasteiger partial charge < -0.3 is 10.2 Å². The van der Waals surface area contributed by atoms with Crippen LogP contribution in [0.2, 0.25) is 0 Å². The Balaban J connectivity index is 0.000000487. The molecule has 1 atom stereocenters. The van der Waals surface area contributed by atoms with E-state index in [1.807, 2.05) is 37.3 Å². The van der Waals surface area contributed by atoms with E-state index in [4.69, 9.17) is 15.0 Å². The van der Waals surface area contributed by atoms with Gasteiger partial charge in [0.15, 0.2) is 0 Å². The van der Waals surface area contributed by atoms with Gasteiger partial charge in [0.25, 0.3) is 5.97 Å². The lowest BCUT2D eigenvalue weighted by atomic mass is 9.97. The van der Waals surface area contributed by atoms with Gasteiger partial charge in [-0.1, -0.05) is 37.3 Å². The predicted molar refractivity (Wildman–Crippen MR) is 60.4 cm³/mol. The minimum Gasteiger partial charge on any atom is -0.481 e. The maximum atomic E-state index is 10.7. The molecular weight excluding hydrogens is 208 g/mol. The highest BCUT2D eigenvalue weighted by molar-refractivity contribution is 5.75. The quantitative estimate of drug-likeness (QED) is 0.826. The number of carboxylic acid groups (broad SMARTS) is 2. The van der Waals surface area contributed by atoms with E-state index in [0.29, 0.717) is 6.42 Å². The summed E-state index contributed by atoms with van der Waals surface area (Å²) in [5.74, 6) is -1.94. The van der Waals surface area contributed by atoms with Crippen LogP contribution in [0.25, 0.3) is 0 Å². The summed E-state index contributed by atoms with van der Waals surface area (Å²) in [5, 5.41) is 16.2. The Morgan fingerprint density at radius 1 is 1.19 bits per heavy atom. The highest BCUT2D eigenvalue weighted by atomic mass is 16.4. The molecule has 0 saturated heterocycles. The first-order chi connectivity index (χ1) is 7.49. The van der Waals surface area contributed by atoms with Gasteiger partial charge in [-0.2, -0.15) is 0 Å². The lowest BCUT2D eigenvalue weighted by Gasteiger charge is -2.08. The number of carbonyl (C=O) groups is 2. The molecule has 0 amide bonds. The molecule has 0 heterocycles. The molecule has 4 heteroatoms. The van der Waals surface area contributed by atoms with Gasteiger partial charge in [-0.25, -0.2) is 0 Å². The Labute approximate surface area is 94.5 Å². The van der Waals surface area contributed by atoms with Gasteiger partial charge in [0.05, 0.1) is 5.92 Å². The molecule has 16 heavy (non-hydrogen) atoms. The first-order valence-electron chi connectivity index (χ1n) is 4.96. The van der Waals surface area contributed by atoms with Crippen LogP contribution in [0, 0.1) is 0 Å². The number of carboxylic acids is 2. The summed E-state index contributed by atoms with van der Waals surface area (Å²) in [6.45, 7) is 2.96. The molecule has 0 aliphatic carbocycles. The van der Waals surface area contributed by atoms with E-state index in [0.717, 1.165) is 12.5 Å². The molecule has 0 bridgehead atoms. The smallest absolute Gasteiger partial charge is 0.310 e. The molecule has 4 nitrogen and oxygen atoms in total. The topological polar surface area (TPSA) is 74.6 Å².